The molecule has 0 atom stereocenters. The van der Waals surface area contributed by atoms with Crippen LogP contribution >= 0.6 is 0 Å². The molecule has 2 aromatic carbocycles. The van der Waals surface area contributed by atoms with Crippen LogP contribution in [0.1, 0.15) is 6.92 Å². The molecule has 0 bridgehead atoms. The smallest absolute Gasteiger partial charge is 0.299 e. The van der Waals surface area contributed by atoms with Crippen LogP contribution in [0.2, 0.25) is 0 Å². The summed E-state index contributed by atoms with van der Waals surface area (Å²) in [7, 11) is 0. The van der Waals surface area contributed by atoms with Gasteiger partial charge in [0.25, 0.3) is 5.69 Å². The van der Waals surface area contributed by atoms with Gasteiger partial charge in [0.05, 0.1) is 17.1 Å². The highest BCUT2D eigenvalue weighted by molar-refractivity contribution is 5.81. The minimum Gasteiger partial charge on any atom is -0.494 e. The maximum absolute atomic E-state index is 11.1. The van der Waals surface area contributed by atoms with Gasteiger partial charge in [0, 0.05) is 0 Å². The van der Waals surface area contributed by atoms with E-state index in [1.54, 1.807) is 36.4 Å². The predicted octanol–water partition coefficient (Wildman–Crippen LogP) is 3.24. The van der Waals surface area contributed by atoms with Crippen LogP contribution in [0, 0.1) is 10.1 Å². The number of nitrogens with two attached hydrogens (primary N) is 1. The van der Waals surface area contributed by atoms with Gasteiger partial charge in [0.1, 0.15) is 11.4 Å². The summed E-state index contributed by atoms with van der Waals surface area (Å²) in [6, 6.07) is 12.0. The number of hydrogen-bond acceptors (Lipinski definition) is 4. The fourth-order valence-corrected chi connectivity index (χ4v) is 1.90. The Morgan fingerprint density at radius 2 is 1.89 bits per heavy atom. The number of nitro groups is 1. The van der Waals surface area contributed by atoms with Gasteiger partial charge in [0.15, 0.2) is 0 Å². The van der Waals surface area contributed by atoms with Crippen molar-refractivity contribution in [3.05, 3.63) is 52.6 Å². The first-order valence-corrected chi connectivity index (χ1v) is 5.89. The lowest BCUT2D eigenvalue weighted by Crippen LogP contribution is -1.98. The third-order valence-electron chi connectivity index (χ3n) is 2.73. The number of para-hydroxylation sites is 1. The van der Waals surface area contributed by atoms with Gasteiger partial charge in [-0.15, -0.1) is 0 Å². The minimum absolute atomic E-state index is 0.0633. The lowest BCUT2D eigenvalue weighted by atomic mass is 10.0. The van der Waals surface area contributed by atoms with Crippen LogP contribution in [-0.2, 0) is 0 Å². The van der Waals surface area contributed by atoms with E-state index in [9.17, 15) is 10.1 Å². The standard InChI is InChI=1S/C14H14N2O3/c1-2-19-11-8-6-10(7-9-11)12-4-3-5-13(15)14(12)16(17)18/h3-9H,2,15H2,1H3. The number of nitrogen functional groups attached to an aromatic ring is 1. The molecular formula is C14H14N2O3. The summed E-state index contributed by atoms with van der Waals surface area (Å²) in [4.78, 5) is 10.6. The van der Waals surface area contributed by atoms with Gasteiger partial charge in [-0.25, -0.2) is 0 Å². The molecule has 0 aromatic heterocycles. The molecule has 2 aromatic rings. The number of nitro benzene ring substituents is 1. The predicted molar refractivity (Wildman–Crippen MR) is 74.1 cm³/mol. The minimum atomic E-state index is -0.457. The van der Waals surface area contributed by atoms with Crippen molar-refractivity contribution in [1.82, 2.24) is 0 Å². The molecule has 5 nitrogen and oxygen atoms in total. The molecule has 0 aliphatic heterocycles. The van der Waals surface area contributed by atoms with E-state index in [-0.39, 0.29) is 11.4 Å². The second-order valence-electron chi connectivity index (χ2n) is 3.96. The number of benzene rings is 2. The third kappa shape index (κ3) is 2.65. The molecule has 0 radical (unpaired) electrons. The molecule has 0 amide bonds. The molecule has 2 rings (SSSR count). The first kappa shape index (κ1) is 12.9. The van der Waals surface area contributed by atoms with Crippen molar-refractivity contribution in [3.63, 3.8) is 0 Å². The van der Waals surface area contributed by atoms with Crippen LogP contribution in [0.25, 0.3) is 11.1 Å². The Kier molecular flexibility index (Phi) is 3.66. The Bertz CT molecular complexity index is 594. The molecular weight excluding hydrogens is 244 g/mol. The van der Waals surface area contributed by atoms with E-state index in [4.69, 9.17) is 10.5 Å². The van der Waals surface area contributed by atoms with Crippen LogP contribution < -0.4 is 10.5 Å². The Balaban J connectivity index is 2.47. The monoisotopic (exact) mass is 258 g/mol. The Hall–Kier alpha value is -2.56. The molecule has 5 heteroatoms. The fourth-order valence-electron chi connectivity index (χ4n) is 1.90. The van der Waals surface area contributed by atoms with Crippen LogP contribution in [0.3, 0.4) is 0 Å². The van der Waals surface area contributed by atoms with E-state index >= 15 is 0 Å². The number of anilines is 1. The summed E-state index contributed by atoms with van der Waals surface area (Å²) >= 11 is 0. The highest BCUT2D eigenvalue weighted by Gasteiger charge is 2.18. The summed E-state index contributed by atoms with van der Waals surface area (Å²) in [5.74, 6) is 0.734. The second kappa shape index (κ2) is 5.39. The zero-order valence-electron chi connectivity index (χ0n) is 10.5. The van der Waals surface area contributed by atoms with E-state index in [1.807, 2.05) is 6.92 Å². The first-order valence-electron chi connectivity index (χ1n) is 5.89. The maximum atomic E-state index is 11.1. The Labute approximate surface area is 110 Å². The van der Waals surface area contributed by atoms with Gasteiger partial charge in [-0.05, 0) is 36.8 Å². The van der Waals surface area contributed by atoms with Gasteiger partial charge in [-0.2, -0.15) is 0 Å². The number of rotatable bonds is 4. The molecule has 0 fully saturated rings. The van der Waals surface area contributed by atoms with Crippen molar-refractivity contribution in [1.29, 1.82) is 0 Å². The molecule has 0 heterocycles. The summed E-state index contributed by atoms with van der Waals surface area (Å²) in [5, 5.41) is 11.1. The van der Waals surface area contributed by atoms with Crippen LogP contribution in [-0.4, -0.2) is 11.5 Å². The summed E-state index contributed by atoms with van der Waals surface area (Å²) in [5.41, 5.74) is 7.02. The number of ether oxygens (including phenoxy) is 1. The molecule has 0 aliphatic rings. The average molecular weight is 258 g/mol. The molecule has 0 unspecified atom stereocenters. The van der Waals surface area contributed by atoms with Crippen LogP contribution in [0.4, 0.5) is 11.4 Å². The second-order valence-corrected chi connectivity index (χ2v) is 3.96. The highest BCUT2D eigenvalue weighted by atomic mass is 16.6. The van der Waals surface area contributed by atoms with Crippen molar-refractivity contribution in [2.45, 2.75) is 6.92 Å². The quantitative estimate of drug-likeness (QED) is 0.518. The third-order valence-corrected chi connectivity index (χ3v) is 2.73. The van der Waals surface area contributed by atoms with Crippen LogP contribution in [0.15, 0.2) is 42.5 Å². The largest absolute Gasteiger partial charge is 0.494 e. The zero-order valence-corrected chi connectivity index (χ0v) is 10.5. The van der Waals surface area contributed by atoms with Gasteiger partial charge >= 0.3 is 0 Å². The topological polar surface area (TPSA) is 78.4 Å². The summed E-state index contributed by atoms with van der Waals surface area (Å²) in [6.07, 6.45) is 0. The van der Waals surface area contributed by atoms with E-state index in [0.29, 0.717) is 12.2 Å². The van der Waals surface area contributed by atoms with Crippen LogP contribution in [0.5, 0.6) is 5.75 Å². The first-order chi connectivity index (χ1) is 9.13. The average Bonchev–Trinajstić information content (AvgIpc) is 2.39. The van der Waals surface area contributed by atoms with Gasteiger partial charge in [0.2, 0.25) is 0 Å². The molecule has 19 heavy (non-hydrogen) atoms. The van der Waals surface area contributed by atoms with Crippen molar-refractivity contribution in [2.24, 2.45) is 0 Å². The highest BCUT2D eigenvalue weighted by Crippen LogP contribution is 2.34. The van der Waals surface area contributed by atoms with Crippen molar-refractivity contribution in [3.8, 4) is 16.9 Å². The fraction of sp³-hybridized carbons (Fsp3) is 0.143. The molecule has 0 saturated carbocycles. The van der Waals surface area contributed by atoms with E-state index in [0.717, 1.165) is 11.3 Å². The van der Waals surface area contributed by atoms with E-state index in [1.165, 1.54) is 6.07 Å². The molecule has 0 aliphatic carbocycles. The lowest BCUT2D eigenvalue weighted by molar-refractivity contribution is -0.383. The van der Waals surface area contributed by atoms with Crippen molar-refractivity contribution >= 4 is 11.4 Å². The van der Waals surface area contributed by atoms with Gasteiger partial charge in [-0.1, -0.05) is 18.2 Å². The molecule has 0 saturated heterocycles. The number of hydrogen-bond donors (Lipinski definition) is 1. The lowest BCUT2D eigenvalue weighted by Gasteiger charge is -2.07. The van der Waals surface area contributed by atoms with Crippen molar-refractivity contribution in [2.75, 3.05) is 12.3 Å². The molecule has 2 N–H and O–H groups in total. The van der Waals surface area contributed by atoms with E-state index in [2.05, 4.69) is 0 Å². The van der Waals surface area contributed by atoms with Gasteiger partial charge < -0.3 is 10.5 Å². The van der Waals surface area contributed by atoms with Crippen molar-refractivity contribution < 1.29 is 9.66 Å². The Morgan fingerprint density at radius 3 is 2.47 bits per heavy atom. The number of nitrogens with zero attached hydrogens (tertiary/aromatic N) is 1. The zero-order chi connectivity index (χ0) is 13.8. The summed E-state index contributed by atoms with van der Waals surface area (Å²) in [6.45, 7) is 2.48. The maximum Gasteiger partial charge on any atom is 0.299 e. The molecule has 0 spiro atoms. The van der Waals surface area contributed by atoms with E-state index < -0.39 is 4.92 Å². The summed E-state index contributed by atoms with van der Waals surface area (Å²) < 4.78 is 5.34. The molecule has 98 valence electrons. The SMILES string of the molecule is CCOc1ccc(-c2cccc(N)c2[N+](=O)[O-])cc1. The Morgan fingerprint density at radius 1 is 1.21 bits per heavy atom. The normalized spacial score (nSPS) is 10.2. The van der Waals surface area contributed by atoms with Gasteiger partial charge in [-0.3, -0.25) is 10.1 Å².